The van der Waals surface area contributed by atoms with E-state index in [0.717, 1.165) is 10.7 Å². The second kappa shape index (κ2) is 7.04. The molecule has 1 aromatic rings. The lowest BCUT2D eigenvalue weighted by Gasteiger charge is -2.24. The summed E-state index contributed by atoms with van der Waals surface area (Å²) in [6, 6.07) is -0.0336. The van der Waals surface area contributed by atoms with Gasteiger partial charge in [0.05, 0.1) is 17.1 Å². The molecule has 1 N–H and O–H groups in total. The predicted octanol–water partition coefficient (Wildman–Crippen LogP) is 2.18. The summed E-state index contributed by atoms with van der Waals surface area (Å²) in [5.41, 5.74) is 0.748. The molecule has 1 amide bonds. The third-order valence-corrected chi connectivity index (χ3v) is 3.30. The van der Waals surface area contributed by atoms with Crippen molar-refractivity contribution in [1.29, 1.82) is 0 Å². The molecule has 0 fully saturated rings. The number of rotatable bonds is 6. The van der Waals surface area contributed by atoms with Gasteiger partial charge in [0, 0.05) is 24.0 Å². The minimum absolute atomic E-state index is 0.0336. The average molecular weight is 282 g/mol. The molecule has 0 aromatic carbocycles. The minimum Gasteiger partial charge on any atom is -0.481 e. The molecule has 19 heavy (non-hydrogen) atoms. The largest absolute Gasteiger partial charge is 0.481 e. The second-order valence-corrected chi connectivity index (χ2v) is 5.46. The number of hydrogen-bond acceptors (Lipinski definition) is 4. The Balaban J connectivity index is 2.66. The van der Waals surface area contributed by atoms with Crippen LogP contribution in [-0.2, 0) is 9.59 Å². The first-order valence-corrected chi connectivity index (χ1v) is 6.90. The standard InChI is InChI=1S/C13H18N2O3S/c1-9(2)15(7-6-13(17)18)12(16)5-4-11-8-19-10(3)14-11/h4-5,8-9H,6-7H2,1-3H3,(H,17,18)/b5-4+. The van der Waals surface area contributed by atoms with Crippen LogP contribution in [0.1, 0.15) is 31.0 Å². The van der Waals surface area contributed by atoms with Crippen LogP contribution in [0.2, 0.25) is 0 Å². The van der Waals surface area contributed by atoms with E-state index >= 15 is 0 Å². The highest BCUT2D eigenvalue weighted by Crippen LogP contribution is 2.10. The molecule has 0 bridgehead atoms. The van der Waals surface area contributed by atoms with Gasteiger partial charge in [-0.2, -0.15) is 0 Å². The molecule has 104 valence electrons. The highest BCUT2D eigenvalue weighted by atomic mass is 32.1. The van der Waals surface area contributed by atoms with E-state index in [2.05, 4.69) is 4.98 Å². The normalized spacial score (nSPS) is 11.2. The Kier molecular flexibility index (Phi) is 5.69. The van der Waals surface area contributed by atoms with E-state index in [1.807, 2.05) is 26.2 Å². The van der Waals surface area contributed by atoms with Gasteiger partial charge in [-0.25, -0.2) is 4.98 Å². The molecule has 6 heteroatoms. The van der Waals surface area contributed by atoms with E-state index in [-0.39, 0.29) is 24.9 Å². The molecule has 0 aliphatic heterocycles. The summed E-state index contributed by atoms with van der Waals surface area (Å²) in [7, 11) is 0. The third kappa shape index (κ3) is 5.21. The number of carbonyl (C=O) groups excluding carboxylic acids is 1. The number of hydrogen-bond donors (Lipinski definition) is 1. The summed E-state index contributed by atoms with van der Waals surface area (Å²) < 4.78 is 0. The van der Waals surface area contributed by atoms with Crippen molar-refractivity contribution >= 4 is 29.3 Å². The van der Waals surface area contributed by atoms with Crippen LogP contribution in [0.15, 0.2) is 11.5 Å². The molecule has 5 nitrogen and oxygen atoms in total. The van der Waals surface area contributed by atoms with Crippen LogP contribution in [0, 0.1) is 6.92 Å². The van der Waals surface area contributed by atoms with E-state index in [1.165, 1.54) is 22.3 Å². The number of carboxylic acids is 1. The van der Waals surface area contributed by atoms with E-state index in [4.69, 9.17) is 5.11 Å². The van der Waals surface area contributed by atoms with Crippen LogP contribution in [0.25, 0.3) is 6.08 Å². The van der Waals surface area contributed by atoms with Crippen LogP contribution >= 0.6 is 11.3 Å². The van der Waals surface area contributed by atoms with Crippen molar-refractivity contribution in [2.45, 2.75) is 33.2 Å². The van der Waals surface area contributed by atoms with Crippen molar-refractivity contribution in [3.05, 3.63) is 22.2 Å². The number of aromatic nitrogens is 1. The molecule has 1 rings (SSSR count). The van der Waals surface area contributed by atoms with Gasteiger partial charge in [-0.3, -0.25) is 9.59 Å². The average Bonchev–Trinajstić information content (AvgIpc) is 2.72. The fourth-order valence-electron chi connectivity index (χ4n) is 1.55. The lowest BCUT2D eigenvalue weighted by Crippen LogP contribution is -2.37. The van der Waals surface area contributed by atoms with Gasteiger partial charge in [-0.15, -0.1) is 11.3 Å². The van der Waals surface area contributed by atoms with Crippen LogP contribution < -0.4 is 0 Å². The number of thiazole rings is 1. The van der Waals surface area contributed by atoms with Crippen molar-refractivity contribution in [3.8, 4) is 0 Å². The second-order valence-electron chi connectivity index (χ2n) is 4.39. The Morgan fingerprint density at radius 2 is 2.21 bits per heavy atom. The monoisotopic (exact) mass is 282 g/mol. The zero-order valence-corrected chi connectivity index (χ0v) is 12.1. The first-order valence-electron chi connectivity index (χ1n) is 6.02. The molecule has 0 aliphatic carbocycles. The molecular formula is C13H18N2O3S. The molecule has 0 aliphatic rings. The van der Waals surface area contributed by atoms with Crippen molar-refractivity contribution in [3.63, 3.8) is 0 Å². The molecule has 0 spiro atoms. The lowest BCUT2D eigenvalue weighted by atomic mass is 10.2. The Morgan fingerprint density at radius 3 is 2.68 bits per heavy atom. The summed E-state index contributed by atoms with van der Waals surface area (Å²) >= 11 is 1.52. The summed E-state index contributed by atoms with van der Waals surface area (Å²) in [5.74, 6) is -1.10. The van der Waals surface area contributed by atoms with Crippen LogP contribution in [0.5, 0.6) is 0 Å². The maximum Gasteiger partial charge on any atom is 0.305 e. The lowest BCUT2D eigenvalue weighted by molar-refractivity contribution is -0.138. The summed E-state index contributed by atoms with van der Waals surface area (Å²) in [5, 5.41) is 11.5. The summed E-state index contributed by atoms with van der Waals surface area (Å²) in [6.07, 6.45) is 3.05. The molecule has 1 heterocycles. The highest BCUT2D eigenvalue weighted by molar-refractivity contribution is 7.09. The maximum atomic E-state index is 12.0. The first kappa shape index (κ1) is 15.4. The number of nitrogens with zero attached hydrogens (tertiary/aromatic N) is 2. The van der Waals surface area contributed by atoms with Crippen molar-refractivity contribution < 1.29 is 14.7 Å². The zero-order valence-electron chi connectivity index (χ0n) is 11.3. The maximum absolute atomic E-state index is 12.0. The van der Waals surface area contributed by atoms with Gasteiger partial charge in [-0.1, -0.05) is 0 Å². The summed E-state index contributed by atoms with van der Waals surface area (Å²) in [6.45, 7) is 5.84. The van der Waals surface area contributed by atoms with Gasteiger partial charge < -0.3 is 10.0 Å². The van der Waals surface area contributed by atoms with Crippen molar-refractivity contribution in [2.24, 2.45) is 0 Å². The Bertz CT molecular complexity index is 480. The fraction of sp³-hybridized carbons (Fsp3) is 0.462. The molecule has 0 atom stereocenters. The molecule has 0 unspecified atom stereocenters. The van der Waals surface area contributed by atoms with Crippen LogP contribution in [0.4, 0.5) is 0 Å². The number of carbonyl (C=O) groups is 2. The molecular weight excluding hydrogens is 264 g/mol. The van der Waals surface area contributed by atoms with E-state index in [0.29, 0.717) is 0 Å². The first-order chi connectivity index (χ1) is 8.90. The van der Waals surface area contributed by atoms with Gasteiger partial charge in [-0.05, 0) is 26.8 Å². The zero-order chi connectivity index (χ0) is 14.4. The van der Waals surface area contributed by atoms with Gasteiger partial charge >= 0.3 is 5.97 Å². The molecule has 1 aromatic heterocycles. The summed E-state index contributed by atoms with van der Waals surface area (Å²) in [4.78, 5) is 28.3. The van der Waals surface area contributed by atoms with Crippen molar-refractivity contribution in [2.75, 3.05) is 6.54 Å². The van der Waals surface area contributed by atoms with Gasteiger partial charge in [0.2, 0.25) is 5.91 Å². The number of carboxylic acid groups (broad SMARTS) is 1. The van der Waals surface area contributed by atoms with E-state index in [1.54, 1.807) is 6.08 Å². The fourth-order valence-corrected chi connectivity index (χ4v) is 2.13. The number of aryl methyl sites for hydroxylation is 1. The van der Waals surface area contributed by atoms with Gasteiger partial charge in [0.15, 0.2) is 0 Å². The Hall–Kier alpha value is -1.69. The minimum atomic E-state index is -0.905. The van der Waals surface area contributed by atoms with Crippen LogP contribution in [0.3, 0.4) is 0 Å². The Labute approximate surface area is 116 Å². The molecule has 0 saturated carbocycles. The van der Waals surface area contributed by atoms with Crippen LogP contribution in [-0.4, -0.2) is 39.5 Å². The smallest absolute Gasteiger partial charge is 0.305 e. The van der Waals surface area contributed by atoms with Gasteiger partial charge in [0.1, 0.15) is 0 Å². The molecule has 0 radical (unpaired) electrons. The SMILES string of the molecule is Cc1nc(/C=C/C(=O)N(CCC(=O)O)C(C)C)cs1. The van der Waals surface area contributed by atoms with Gasteiger partial charge in [0.25, 0.3) is 0 Å². The third-order valence-electron chi connectivity index (χ3n) is 2.51. The quantitative estimate of drug-likeness (QED) is 0.812. The highest BCUT2D eigenvalue weighted by Gasteiger charge is 2.15. The number of amides is 1. The van der Waals surface area contributed by atoms with E-state index in [9.17, 15) is 9.59 Å². The number of aliphatic carboxylic acids is 1. The molecule has 0 saturated heterocycles. The predicted molar refractivity (Wildman–Crippen MR) is 75.0 cm³/mol. The van der Waals surface area contributed by atoms with Crippen molar-refractivity contribution in [1.82, 2.24) is 9.88 Å². The Morgan fingerprint density at radius 1 is 1.53 bits per heavy atom. The topological polar surface area (TPSA) is 70.5 Å². The van der Waals surface area contributed by atoms with E-state index < -0.39 is 5.97 Å².